The SMILES string of the molecule is COc1ccc(OC)c(CNC(=O)CCc2ccc(C)c(Cl)c2)c1. The summed E-state index contributed by atoms with van der Waals surface area (Å²) in [5.41, 5.74) is 2.97. The van der Waals surface area contributed by atoms with Crippen LogP contribution in [0.5, 0.6) is 11.5 Å². The molecule has 0 unspecified atom stereocenters. The molecule has 0 radical (unpaired) electrons. The lowest BCUT2D eigenvalue weighted by molar-refractivity contribution is -0.121. The number of ether oxygens (including phenoxy) is 2. The maximum absolute atomic E-state index is 12.1. The van der Waals surface area contributed by atoms with Gasteiger partial charge in [0.25, 0.3) is 0 Å². The zero-order valence-electron chi connectivity index (χ0n) is 14.2. The number of hydrogen-bond donors (Lipinski definition) is 1. The van der Waals surface area contributed by atoms with Crippen LogP contribution in [0.25, 0.3) is 0 Å². The lowest BCUT2D eigenvalue weighted by atomic mass is 10.1. The molecule has 0 aromatic heterocycles. The van der Waals surface area contributed by atoms with Gasteiger partial charge in [0.2, 0.25) is 5.91 Å². The van der Waals surface area contributed by atoms with Crippen molar-refractivity contribution in [1.29, 1.82) is 0 Å². The van der Waals surface area contributed by atoms with Gasteiger partial charge in [0.15, 0.2) is 0 Å². The van der Waals surface area contributed by atoms with Crippen molar-refractivity contribution < 1.29 is 14.3 Å². The van der Waals surface area contributed by atoms with Crippen LogP contribution in [0.3, 0.4) is 0 Å². The summed E-state index contributed by atoms with van der Waals surface area (Å²) in [7, 11) is 3.21. The van der Waals surface area contributed by atoms with Crippen LogP contribution in [0.2, 0.25) is 5.02 Å². The molecule has 0 atom stereocenters. The van der Waals surface area contributed by atoms with Gasteiger partial charge >= 0.3 is 0 Å². The number of nitrogens with one attached hydrogen (secondary N) is 1. The third kappa shape index (κ3) is 4.90. The van der Waals surface area contributed by atoms with E-state index in [4.69, 9.17) is 21.1 Å². The lowest BCUT2D eigenvalue weighted by Crippen LogP contribution is -2.23. The van der Waals surface area contributed by atoms with Crippen LogP contribution >= 0.6 is 11.6 Å². The number of carbonyl (C=O) groups excluding carboxylic acids is 1. The Labute approximate surface area is 147 Å². The highest BCUT2D eigenvalue weighted by Gasteiger charge is 2.08. The molecule has 2 rings (SSSR count). The molecule has 4 nitrogen and oxygen atoms in total. The predicted octanol–water partition coefficient (Wildman–Crippen LogP) is 3.91. The normalized spacial score (nSPS) is 10.3. The van der Waals surface area contributed by atoms with Gasteiger partial charge in [-0.2, -0.15) is 0 Å². The first-order chi connectivity index (χ1) is 11.5. The Morgan fingerprint density at radius 2 is 1.92 bits per heavy atom. The highest BCUT2D eigenvalue weighted by Crippen LogP contribution is 2.23. The highest BCUT2D eigenvalue weighted by atomic mass is 35.5. The van der Waals surface area contributed by atoms with Crippen LogP contribution in [-0.2, 0) is 17.8 Å². The van der Waals surface area contributed by atoms with Crippen molar-refractivity contribution in [3.63, 3.8) is 0 Å². The molecular formula is C19H22ClNO3. The fraction of sp³-hybridized carbons (Fsp3) is 0.316. The maximum Gasteiger partial charge on any atom is 0.220 e. The summed E-state index contributed by atoms with van der Waals surface area (Å²) in [6, 6.07) is 11.4. The van der Waals surface area contributed by atoms with Gasteiger partial charge in [0, 0.05) is 23.6 Å². The lowest BCUT2D eigenvalue weighted by Gasteiger charge is -2.11. The molecule has 0 aliphatic heterocycles. The third-order valence-electron chi connectivity index (χ3n) is 3.84. The molecule has 0 bridgehead atoms. The van der Waals surface area contributed by atoms with E-state index in [0.29, 0.717) is 19.4 Å². The predicted molar refractivity (Wildman–Crippen MR) is 95.9 cm³/mol. The van der Waals surface area contributed by atoms with E-state index in [0.717, 1.165) is 33.2 Å². The Morgan fingerprint density at radius 3 is 2.58 bits per heavy atom. The number of hydrogen-bond acceptors (Lipinski definition) is 3. The number of methoxy groups -OCH3 is 2. The van der Waals surface area contributed by atoms with Gasteiger partial charge in [-0.15, -0.1) is 0 Å². The first-order valence-corrected chi connectivity index (χ1v) is 8.14. The van der Waals surface area contributed by atoms with E-state index >= 15 is 0 Å². The standard InChI is InChI=1S/C19H22ClNO3/c1-13-4-5-14(10-17(13)20)6-9-19(22)21-12-15-11-16(23-2)7-8-18(15)24-3/h4-5,7-8,10-11H,6,9,12H2,1-3H3,(H,21,22). The van der Waals surface area contributed by atoms with E-state index in [1.54, 1.807) is 14.2 Å². The largest absolute Gasteiger partial charge is 0.497 e. The van der Waals surface area contributed by atoms with Gasteiger partial charge in [-0.3, -0.25) is 4.79 Å². The summed E-state index contributed by atoms with van der Waals surface area (Å²) in [6.07, 6.45) is 1.06. The van der Waals surface area contributed by atoms with Crippen LogP contribution in [0.15, 0.2) is 36.4 Å². The average Bonchev–Trinajstić information content (AvgIpc) is 2.60. The molecule has 0 saturated heterocycles. The van der Waals surface area contributed by atoms with Crippen LogP contribution in [0.1, 0.15) is 23.1 Å². The van der Waals surface area contributed by atoms with Crippen molar-refractivity contribution in [3.8, 4) is 11.5 Å². The summed E-state index contributed by atoms with van der Waals surface area (Å²) in [5, 5.41) is 3.64. The summed E-state index contributed by atoms with van der Waals surface area (Å²) in [5.74, 6) is 1.44. The number of halogens is 1. The minimum atomic E-state index is -0.0171. The van der Waals surface area contributed by atoms with Gasteiger partial charge in [0.05, 0.1) is 14.2 Å². The third-order valence-corrected chi connectivity index (χ3v) is 4.25. The van der Waals surface area contributed by atoms with Gasteiger partial charge in [-0.05, 0) is 48.7 Å². The van der Waals surface area contributed by atoms with Gasteiger partial charge in [-0.25, -0.2) is 0 Å². The molecular weight excluding hydrogens is 326 g/mol. The Morgan fingerprint density at radius 1 is 1.12 bits per heavy atom. The van der Waals surface area contributed by atoms with Crippen molar-refractivity contribution in [1.82, 2.24) is 5.32 Å². The molecule has 0 fully saturated rings. The number of benzene rings is 2. The zero-order valence-corrected chi connectivity index (χ0v) is 14.9. The van der Waals surface area contributed by atoms with E-state index in [1.165, 1.54) is 0 Å². The van der Waals surface area contributed by atoms with Gasteiger partial charge in [-0.1, -0.05) is 23.7 Å². The Bertz CT molecular complexity index is 716. The van der Waals surface area contributed by atoms with Crippen LogP contribution in [0.4, 0.5) is 0 Å². The summed E-state index contributed by atoms with van der Waals surface area (Å²) >= 11 is 6.11. The highest BCUT2D eigenvalue weighted by molar-refractivity contribution is 6.31. The van der Waals surface area contributed by atoms with E-state index in [9.17, 15) is 4.79 Å². The molecule has 2 aromatic rings. The number of rotatable bonds is 7. The maximum atomic E-state index is 12.1. The quantitative estimate of drug-likeness (QED) is 0.826. The fourth-order valence-corrected chi connectivity index (χ4v) is 2.56. The minimum absolute atomic E-state index is 0.0171. The van der Waals surface area contributed by atoms with E-state index in [2.05, 4.69) is 5.32 Å². The molecule has 0 aliphatic carbocycles. The zero-order chi connectivity index (χ0) is 17.5. The Balaban J connectivity index is 1.90. The molecule has 0 spiro atoms. The van der Waals surface area contributed by atoms with Crippen molar-refractivity contribution in [2.75, 3.05) is 14.2 Å². The van der Waals surface area contributed by atoms with Crippen molar-refractivity contribution in [3.05, 3.63) is 58.1 Å². The second kappa shape index (κ2) is 8.60. The molecule has 24 heavy (non-hydrogen) atoms. The topological polar surface area (TPSA) is 47.6 Å². The van der Waals surface area contributed by atoms with E-state index < -0.39 is 0 Å². The monoisotopic (exact) mass is 347 g/mol. The molecule has 0 saturated carbocycles. The fourth-order valence-electron chi connectivity index (χ4n) is 2.35. The molecule has 128 valence electrons. The summed E-state index contributed by atoms with van der Waals surface area (Å²) in [6.45, 7) is 2.36. The van der Waals surface area contributed by atoms with Crippen LogP contribution in [-0.4, -0.2) is 20.1 Å². The number of carbonyl (C=O) groups is 1. The second-order valence-electron chi connectivity index (χ2n) is 5.54. The first-order valence-electron chi connectivity index (χ1n) is 7.76. The molecule has 0 aliphatic rings. The van der Waals surface area contributed by atoms with E-state index in [1.807, 2.05) is 43.3 Å². The summed E-state index contributed by atoms with van der Waals surface area (Å²) < 4.78 is 10.5. The summed E-state index contributed by atoms with van der Waals surface area (Å²) in [4.78, 5) is 12.1. The average molecular weight is 348 g/mol. The second-order valence-corrected chi connectivity index (χ2v) is 5.95. The first kappa shape index (κ1) is 18.1. The molecule has 0 heterocycles. The van der Waals surface area contributed by atoms with Crippen molar-refractivity contribution >= 4 is 17.5 Å². The Kier molecular flexibility index (Phi) is 6.50. The van der Waals surface area contributed by atoms with Gasteiger partial charge in [0.1, 0.15) is 11.5 Å². The smallest absolute Gasteiger partial charge is 0.220 e. The minimum Gasteiger partial charge on any atom is -0.497 e. The van der Waals surface area contributed by atoms with Crippen LogP contribution < -0.4 is 14.8 Å². The molecule has 1 amide bonds. The Hall–Kier alpha value is -2.20. The van der Waals surface area contributed by atoms with Crippen molar-refractivity contribution in [2.24, 2.45) is 0 Å². The number of amides is 1. The van der Waals surface area contributed by atoms with Crippen molar-refractivity contribution in [2.45, 2.75) is 26.3 Å². The van der Waals surface area contributed by atoms with E-state index in [-0.39, 0.29) is 5.91 Å². The molecule has 2 aromatic carbocycles. The number of aryl methyl sites for hydroxylation is 2. The molecule has 1 N–H and O–H groups in total. The molecule has 5 heteroatoms. The van der Waals surface area contributed by atoms with Crippen LogP contribution in [0, 0.1) is 6.92 Å². The van der Waals surface area contributed by atoms with Gasteiger partial charge < -0.3 is 14.8 Å².